The molecule has 0 fully saturated rings. The number of hydrogen-bond acceptors (Lipinski definition) is 3. The van der Waals surface area contributed by atoms with Crippen molar-refractivity contribution in [3.63, 3.8) is 0 Å². The van der Waals surface area contributed by atoms with Crippen LogP contribution in [-0.4, -0.2) is 26.7 Å². The van der Waals surface area contributed by atoms with Crippen LogP contribution < -0.4 is 4.90 Å². The van der Waals surface area contributed by atoms with Crippen LogP contribution in [0, 0.1) is 0 Å². The molecule has 0 aliphatic carbocycles. The van der Waals surface area contributed by atoms with Crippen molar-refractivity contribution in [2.24, 2.45) is 0 Å². The molecular formula is C19H17ClN4O. The number of fused-ring (bicyclic) bond motifs is 1. The highest BCUT2D eigenvalue weighted by atomic mass is 35.5. The molecule has 0 saturated heterocycles. The molecule has 25 heavy (non-hydrogen) atoms. The second-order valence-corrected chi connectivity index (χ2v) is 6.64. The number of anilines is 1. The molecule has 0 radical (unpaired) electrons. The maximum Gasteiger partial charge on any atom is 0.260 e. The van der Waals surface area contributed by atoms with Gasteiger partial charge < -0.3 is 0 Å². The van der Waals surface area contributed by atoms with Crippen LogP contribution in [0.4, 0.5) is 5.95 Å². The van der Waals surface area contributed by atoms with Gasteiger partial charge in [-0.2, -0.15) is 10.1 Å². The molecule has 126 valence electrons. The summed E-state index contributed by atoms with van der Waals surface area (Å²) < 4.78 is 1.83. The molecule has 0 spiro atoms. The van der Waals surface area contributed by atoms with Crippen LogP contribution in [0.25, 0.3) is 0 Å². The van der Waals surface area contributed by atoms with E-state index in [0.717, 1.165) is 12.0 Å². The molecule has 5 nitrogen and oxygen atoms in total. The molecule has 2 heterocycles. The van der Waals surface area contributed by atoms with Crippen LogP contribution in [-0.2, 0) is 0 Å². The Hall–Kier alpha value is -2.66. The molecule has 1 aromatic heterocycles. The summed E-state index contributed by atoms with van der Waals surface area (Å²) in [6.45, 7) is 2.04. The minimum atomic E-state index is -0.115. The van der Waals surface area contributed by atoms with Crippen molar-refractivity contribution in [2.45, 2.75) is 25.4 Å². The summed E-state index contributed by atoms with van der Waals surface area (Å²) in [5.41, 5.74) is 1.71. The first kappa shape index (κ1) is 15.8. The average molecular weight is 353 g/mol. The van der Waals surface area contributed by atoms with E-state index in [1.165, 1.54) is 6.33 Å². The van der Waals surface area contributed by atoms with E-state index in [2.05, 4.69) is 22.2 Å². The highest BCUT2D eigenvalue weighted by Crippen LogP contribution is 2.35. The van der Waals surface area contributed by atoms with Gasteiger partial charge in [0.2, 0.25) is 5.95 Å². The van der Waals surface area contributed by atoms with Gasteiger partial charge in [-0.05, 0) is 37.1 Å². The van der Waals surface area contributed by atoms with Gasteiger partial charge >= 0.3 is 0 Å². The van der Waals surface area contributed by atoms with Crippen LogP contribution in [0.3, 0.4) is 0 Å². The summed E-state index contributed by atoms with van der Waals surface area (Å²) in [5, 5.41) is 4.92. The van der Waals surface area contributed by atoms with E-state index in [-0.39, 0.29) is 18.0 Å². The third kappa shape index (κ3) is 2.81. The molecule has 4 rings (SSSR count). The van der Waals surface area contributed by atoms with Crippen molar-refractivity contribution in [3.8, 4) is 0 Å². The zero-order valence-electron chi connectivity index (χ0n) is 13.7. The number of hydrogen-bond donors (Lipinski definition) is 0. The molecule has 0 saturated carbocycles. The van der Waals surface area contributed by atoms with Gasteiger partial charge in [-0.25, -0.2) is 4.68 Å². The fourth-order valence-corrected chi connectivity index (χ4v) is 3.56. The molecule has 2 atom stereocenters. The lowest BCUT2D eigenvalue weighted by molar-refractivity contribution is 0.0966. The Bertz CT molecular complexity index is 909. The predicted octanol–water partition coefficient (Wildman–Crippen LogP) is 3.96. The summed E-state index contributed by atoms with van der Waals surface area (Å²) in [5.74, 6) is 0.452. The molecule has 3 aromatic rings. The Morgan fingerprint density at radius 3 is 2.72 bits per heavy atom. The number of benzene rings is 2. The maximum atomic E-state index is 13.1. The average Bonchev–Trinajstić information content (AvgIpc) is 3.10. The first-order valence-corrected chi connectivity index (χ1v) is 8.56. The minimum Gasteiger partial charge on any atom is -0.274 e. The van der Waals surface area contributed by atoms with Crippen LogP contribution in [0.1, 0.15) is 35.3 Å². The van der Waals surface area contributed by atoms with E-state index in [1.54, 1.807) is 29.2 Å². The zero-order chi connectivity index (χ0) is 17.4. The second kappa shape index (κ2) is 6.33. The lowest BCUT2D eigenvalue weighted by Gasteiger charge is -2.37. The zero-order valence-corrected chi connectivity index (χ0v) is 14.5. The molecule has 0 bridgehead atoms. The normalized spacial score (nSPS) is 19.5. The molecule has 0 N–H and O–H groups in total. The molecule has 1 aliphatic rings. The Morgan fingerprint density at radius 2 is 1.96 bits per heavy atom. The number of halogens is 1. The van der Waals surface area contributed by atoms with Gasteiger partial charge in [0.15, 0.2) is 0 Å². The van der Waals surface area contributed by atoms with E-state index < -0.39 is 0 Å². The summed E-state index contributed by atoms with van der Waals surface area (Å²) >= 11 is 6.04. The van der Waals surface area contributed by atoms with Crippen molar-refractivity contribution in [1.29, 1.82) is 0 Å². The predicted molar refractivity (Wildman–Crippen MR) is 96.9 cm³/mol. The van der Waals surface area contributed by atoms with Crippen LogP contribution in [0.2, 0.25) is 5.02 Å². The van der Waals surface area contributed by atoms with Gasteiger partial charge in [0.05, 0.1) is 6.04 Å². The quantitative estimate of drug-likeness (QED) is 0.701. The third-order valence-electron chi connectivity index (χ3n) is 4.54. The van der Waals surface area contributed by atoms with E-state index in [9.17, 15) is 4.79 Å². The van der Waals surface area contributed by atoms with Crippen molar-refractivity contribution in [2.75, 3.05) is 4.90 Å². The fourth-order valence-electron chi connectivity index (χ4n) is 3.37. The fraction of sp³-hybridized carbons (Fsp3) is 0.211. The lowest BCUT2D eigenvalue weighted by Crippen LogP contribution is -2.46. The largest absolute Gasteiger partial charge is 0.274 e. The van der Waals surface area contributed by atoms with Gasteiger partial charge in [0.1, 0.15) is 6.33 Å². The number of aromatic nitrogens is 3. The lowest BCUT2D eigenvalue weighted by atomic mass is 9.97. The Morgan fingerprint density at radius 1 is 1.16 bits per heavy atom. The number of rotatable bonds is 2. The van der Waals surface area contributed by atoms with Crippen molar-refractivity contribution >= 4 is 23.5 Å². The van der Waals surface area contributed by atoms with E-state index in [0.29, 0.717) is 16.5 Å². The Labute approximate surface area is 150 Å². The summed E-state index contributed by atoms with van der Waals surface area (Å²) in [6, 6.07) is 17.2. The number of nitrogens with zero attached hydrogens (tertiary/aromatic N) is 4. The first-order chi connectivity index (χ1) is 12.1. The summed E-state index contributed by atoms with van der Waals surface area (Å²) in [7, 11) is 0. The highest BCUT2D eigenvalue weighted by Gasteiger charge is 2.36. The van der Waals surface area contributed by atoms with Gasteiger partial charge in [-0.1, -0.05) is 48.0 Å². The maximum absolute atomic E-state index is 13.1. The molecule has 2 aromatic carbocycles. The molecular weight excluding hydrogens is 336 g/mol. The van der Waals surface area contributed by atoms with E-state index in [1.807, 2.05) is 29.8 Å². The van der Waals surface area contributed by atoms with E-state index in [4.69, 9.17) is 11.6 Å². The Balaban J connectivity index is 1.74. The standard InChI is InChI=1S/C19H17ClN4O/c1-13-10-17(14-6-3-2-4-7-14)24-19(21-12-22-24)23(13)18(25)15-8-5-9-16(20)11-15/h2-9,11-13,17H,10H2,1H3/t13-,17+/m1/s1. The van der Waals surface area contributed by atoms with Crippen molar-refractivity contribution in [1.82, 2.24) is 14.8 Å². The summed E-state index contributed by atoms with van der Waals surface area (Å²) in [6.07, 6.45) is 2.27. The molecule has 1 aliphatic heterocycles. The van der Waals surface area contributed by atoms with Crippen LogP contribution in [0.15, 0.2) is 60.9 Å². The molecule has 0 unspecified atom stereocenters. The van der Waals surface area contributed by atoms with E-state index >= 15 is 0 Å². The van der Waals surface area contributed by atoms with Crippen molar-refractivity contribution in [3.05, 3.63) is 77.1 Å². The number of carbonyl (C=O) groups is 1. The smallest absolute Gasteiger partial charge is 0.260 e. The third-order valence-corrected chi connectivity index (χ3v) is 4.78. The first-order valence-electron chi connectivity index (χ1n) is 8.18. The minimum absolute atomic E-state index is 0.00612. The van der Waals surface area contributed by atoms with Gasteiger partial charge in [-0.3, -0.25) is 9.69 Å². The van der Waals surface area contributed by atoms with Gasteiger partial charge in [0.25, 0.3) is 5.91 Å². The second-order valence-electron chi connectivity index (χ2n) is 6.20. The monoisotopic (exact) mass is 352 g/mol. The van der Waals surface area contributed by atoms with Crippen molar-refractivity contribution < 1.29 is 4.79 Å². The molecule has 1 amide bonds. The summed E-state index contributed by atoms with van der Waals surface area (Å²) in [4.78, 5) is 19.1. The van der Waals surface area contributed by atoms with Gasteiger partial charge in [0, 0.05) is 16.6 Å². The van der Waals surface area contributed by atoms with Crippen LogP contribution >= 0.6 is 11.6 Å². The van der Waals surface area contributed by atoms with Gasteiger partial charge in [-0.15, -0.1) is 0 Å². The molecule has 6 heteroatoms. The number of amides is 1. The Kier molecular flexibility index (Phi) is 4.01. The van der Waals surface area contributed by atoms with Crippen LogP contribution in [0.5, 0.6) is 0 Å². The highest BCUT2D eigenvalue weighted by molar-refractivity contribution is 6.31. The number of carbonyl (C=O) groups excluding carboxylic acids is 1. The SMILES string of the molecule is C[C@@H]1C[C@@H](c2ccccc2)n2ncnc2N1C(=O)c1cccc(Cl)c1. The topological polar surface area (TPSA) is 51.0 Å².